The standard InChI is InChI=1S/C18H26N6O2/c1-3-15(25)21-13-8-7-12(26-2)11-14(13)24-17(20)22-16(19)23-18(24)9-5-4-6-10-18/h7-8,11H,3-6,9-10H2,1-2H3,(H,21,25)(H4,19,20,22,23). The highest BCUT2D eigenvalue weighted by molar-refractivity contribution is 6.08. The van der Waals surface area contributed by atoms with Gasteiger partial charge < -0.3 is 21.5 Å². The highest BCUT2D eigenvalue weighted by Crippen LogP contribution is 2.43. The molecule has 0 bridgehead atoms. The van der Waals surface area contributed by atoms with Crippen molar-refractivity contribution in [1.82, 2.24) is 0 Å². The van der Waals surface area contributed by atoms with Gasteiger partial charge in [0.15, 0.2) is 0 Å². The fourth-order valence-corrected chi connectivity index (χ4v) is 3.64. The zero-order chi connectivity index (χ0) is 18.7. The Labute approximate surface area is 153 Å². The van der Waals surface area contributed by atoms with E-state index in [0.29, 0.717) is 23.5 Å². The van der Waals surface area contributed by atoms with Gasteiger partial charge in [0.05, 0.1) is 18.5 Å². The van der Waals surface area contributed by atoms with Gasteiger partial charge in [-0.15, -0.1) is 0 Å². The molecule has 1 heterocycles. The Morgan fingerprint density at radius 1 is 1.31 bits per heavy atom. The second-order valence-electron chi connectivity index (χ2n) is 6.60. The maximum Gasteiger partial charge on any atom is 0.224 e. The minimum atomic E-state index is -0.577. The summed E-state index contributed by atoms with van der Waals surface area (Å²) >= 11 is 0. The van der Waals surface area contributed by atoms with Crippen LogP contribution in [-0.4, -0.2) is 30.6 Å². The van der Waals surface area contributed by atoms with E-state index in [2.05, 4.69) is 15.3 Å². The molecule has 8 nitrogen and oxygen atoms in total. The average Bonchev–Trinajstić information content (AvgIpc) is 2.62. The molecule has 1 aliphatic carbocycles. The lowest BCUT2D eigenvalue weighted by atomic mass is 9.87. The summed E-state index contributed by atoms with van der Waals surface area (Å²) < 4.78 is 5.38. The molecule has 1 saturated carbocycles. The lowest BCUT2D eigenvalue weighted by Gasteiger charge is -2.46. The van der Waals surface area contributed by atoms with Crippen LogP contribution in [0.5, 0.6) is 5.75 Å². The molecular weight excluding hydrogens is 332 g/mol. The van der Waals surface area contributed by atoms with Gasteiger partial charge in [-0.1, -0.05) is 13.3 Å². The molecule has 1 amide bonds. The van der Waals surface area contributed by atoms with Gasteiger partial charge in [-0.3, -0.25) is 9.69 Å². The highest BCUT2D eigenvalue weighted by atomic mass is 16.5. The number of benzene rings is 1. The van der Waals surface area contributed by atoms with Gasteiger partial charge in [0.2, 0.25) is 17.8 Å². The molecule has 5 N–H and O–H groups in total. The number of carbonyl (C=O) groups is 1. The molecular formula is C18H26N6O2. The van der Waals surface area contributed by atoms with E-state index in [1.165, 1.54) is 0 Å². The number of nitrogens with one attached hydrogen (secondary N) is 1. The number of methoxy groups -OCH3 is 1. The van der Waals surface area contributed by atoms with Gasteiger partial charge in [0, 0.05) is 12.5 Å². The van der Waals surface area contributed by atoms with Crippen LogP contribution in [0.4, 0.5) is 11.4 Å². The van der Waals surface area contributed by atoms with Crippen molar-refractivity contribution in [3.63, 3.8) is 0 Å². The van der Waals surface area contributed by atoms with Crippen LogP contribution in [0.25, 0.3) is 0 Å². The average molecular weight is 358 g/mol. The van der Waals surface area contributed by atoms with E-state index in [4.69, 9.17) is 16.2 Å². The van der Waals surface area contributed by atoms with Gasteiger partial charge in [0.25, 0.3) is 0 Å². The van der Waals surface area contributed by atoms with Crippen LogP contribution in [0.15, 0.2) is 28.2 Å². The van der Waals surface area contributed by atoms with Crippen LogP contribution in [0.2, 0.25) is 0 Å². The zero-order valence-corrected chi connectivity index (χ0v) is 15.3. The Hall–Kier alpha value is -2.77. The number of anilines is 2. The third-order valence-corrected chi connectivity index (χ3v) is 4.89. The molecule has 0 atom stereocenters. The van der Waals surface area contributed by atoms with Crippen molar-refractivity contribution >= 4 is 29.2 Å². The fourth-order valence-electron chi connectivity index (χ4n) is 3.64. The van der Waals surface area contributed by atoms with E-state index in [-0.39, 0.29) is 17.8 Å². The second kappa shape index (κ2) is 7.23. The summed E-state index contributed by atoms with van der Waals surface area (Å²) in [6.45, 7) is 1.81. The fraction of sp³-hybridized carbons (Fsp3) is 0.500. The van der Waals surface area contributed by atoms with Gasteiger partial charge in [-0.2, -0.15) is 4.99 Å². The number of guanidine groups is 2. The summed E-state index contributed by atoms with van der Waals surface area (Å²) in [5.41, 5.74) is 13.0. The van der Waals surface area contributed by atoms with Crippen molar-refractivity contribution in [2.24, 2.45) is 21.5 Å². The van der Waals surface area contributed by atoms with Crippen LogP contribution in [-0.2, 0) is 4.79 Å². The number of nitrogens with zero attached hydrogens (tertiary/aromatic N) is 3. The lowest BCUT2D eigenvalue weighted by Crippen LogP contribution is -2.58. The lowest BCUT2D eigenvalue weighted by molar-refractivity contribution is -0.115. The first kappa shape index (κ1) is 18.0. The van der Waals surface area contributed by atoms with E-state index in [9.17, 15) is 4.79 Å². The molecule has 1 aromatic rings. The monoisotopic (exact) mass is 358 g/mol. The van der Waals surface area contributed by atoms with Gasteiger partial charge in [0.1, 0.15) is 11.4 Å². The van der Waals surface area contributed by atoms with Gasteiger partial charge in [-0.25, -0.2) is 4.99 Å². The van der Waals surface area contributed by atoms with Crippen molar-refractivity contribution in [1.29, 1.82) is 0 Å². The van der Waals surface area contributed by atoms with Crippen LogP contribution in [0.3, 0.4) is 0 Å². The van der Waals surface area contributed by atoms with E-state index in [1.54, 1.807) is 13.2 Å². The first-order valence-electron chi connectivity index (χ1n) is 8.96. The predicted molar refractivity (Wildman–Crippen MR) is 103 cm³/mol. The number of ether oxygens (including phenoxy) is 1. The van der Waals surface area contributed by atoms with E-state index >= 15 is 0 Å². The number of hydrogen-bond donors (Lipinski definition) is 3. The Kier molecular flexibility index (Phi) is 5.01. The zero-order valence-electron chi connectivity index (χ0n) is 15.3. The first-order chi connectivity index (χ1) is 12.5. The van der Waals surface area contributed by atoms with E-state index in [1.807, 2.05) is 24.0 Å². The Morgan fingerprint density at radius 3 is 2.69 bits per heavy atom. The molecule has 140 valence electrons. The summed E-state index contributed by atoms with van der Waals surface area (Å²) in [6, 6.07) is 5.46. The molecule has 3 rings (SSSR count). The van der Waals surface area contributed by atoms with Crippen LogP contribution in [0.1, 0.15) is 45.4 Å². The van der Waals surface area contributed by atoms with Crippen molar-refractivity contribution in [3.8, 4) is 5.75 Å². The molecule has 1 fully saturated rings. The molecule has 0 unspecified atom stereocenters. The SMILES string of the molecule is CCC(=O)Nc1ccc(OC)cc1N1C(N)=NC(N)=NC12CCCCC2. The number of nitrogens with two attached hydrogens (primary N) is 2. The third kappa shape index (κ3) is 3.31. The molecule has 0 aromatic heterocycles. The van der Waals surface area contributed by atoms with Gasteiger partial charge >= 0.3 is 0 Å². The van der Waals surface area contributed by atoms with Crippen molar-refractivity contribution in [2.75, 3.05) is 17.3 Å². The van der Waals surface area contributed by atoms with E-state index in [0.717, 1.165) is 32.1 Å². The number of carbonyl (C=O) groups excluding carboxylic acids is 1. The molecule has 26 heavy (non-hydrogen) atoms. The molecule has 1 aromatic carbocycles. The second-order valence-corrected chi connectivity index (χ2v) is 6.60. The predicted octanol–water partition coefficient (Wildman–Crippen LogP) is 2.15. The first-order valence-corrected chi connectivity index (χ1v) is 8.96. The van der Waals surface area contributed by atoms with E-state index < -0.39 is 5.66 Å². The van der Waals surface area contributed by atoms with Crippen molar-refractivity contribution < 1.29 is 9.53 Å². The van der Waals surface area contributed by atoms with Crippen LogP contribution >= 0.6 is 0 Å². The molecule has 2 aliphatic rings. The maximum absolute atomic E-state index is 12.0. The summed E-state index contributed by atoms with van der Waals surface area (Å²) in [5, 5.41) is 2.94. The summed E-state index contributed by atoms with van der Waals surface area (Å²) in [4.78, 5) is 22.8. The number of hydrogen-bond acceptors (Lipinski definition) is 7. The Balaban J connectivity index is 2.12. The smallest absolute Gasteiger partial charge is 0.224 e. The van der Waals surface area contributed by atoms with Crippen LogP contribution < -0.4 is 26.4 Å². The number of rotatable bonds is 4. The Bertz CT molecular complexity index is 752. The van der Waals surface area contributed by atoms with Crippen LogP contribution in [0, 0.1) is 0 Å². The number of amides is 1. The highest BCUT2D eigenvalue weighted by Gasteiger charge is 2.43. The molecule has 0 saturated heterocycles. The summed E-state index contributed by atoms with van der Waals surface area (Å²) in [6.07, 6.45) is 5.23. The molecule has 8 heteroatoms. The Morgan fingerprint density at radius 2 is 2.04 bits per heavy atom. The molecule has 1 aliphatic heterocycles. The minimum absolute atomic E-state index is 0.0790. The minimum Gasteiger partial charge on any atom is -0.497 e. The molecule has 0 radical (unpaired) electrons. The molecule has 1 spiro atoms. The summed E-state index contributed by atoms with van der Waals surface area (Å²) in [5.74, 6) is 1.06. The third-order valence-electron chi connectivity index (χ3n) is 4.89. The maximum atomic E-state index is 12.0. The van der Waals surface area contributed by atoms with Crippen molar-refractivity contribution in [2.45, 2.75) is 51.1 Å². The van der Waals surface area contributed by atoms with Crippen molar-refractivity contribution in [3.05, 3.63) is 18.2 Å². The summed E-state index contributed by atoms with van der Waals surface area (Å²) in [7, 11) is 1.60. The normalized spacial score (nSPS) is 18.9. The van der Waals surface area contributed by atoms with Gasteiger partial charge in [-0.05, 0) is 37.8 Å². The quantitative estimate of drug-likeness (QED) is 0.762. The largest absolute Gasteiger partial charge is 0.497 e. The topological polar surface area (TPSA) is 118 Å². The number of aliphatic imine (C=N–C) groups is 2.